The molecule has 1 amide bonds. The van der Waals surface area contributed by atoms with Gasteiger partial charge < -0.3 is 19.9 Å². The van der Waals surface area contributed by atoms with Crippen molar-refractivity contribution in [2.75, 3.05) is 11.1 Å². The van der Waals surface area contributed by atoms with Crippen LogP contribution in [0.1, 0.15) is 63.9 Å². The number of thioether (sulfide) groups is 1. The Morgan fingerprint density at radius 2 is 1.69 bits per heavy atom. The van der Waals surface area contributed by atoms with Gasteiger partial charge in [0, 0.05) is 28.5 Å². The summed E-state index contributed by atoms with van der Waals surface area (Å²) in [5.41, 5.74) is 4.72. The van der Waals surface area contributed by atoms with Crippen LogP contribution in [0.2, 0.25) is 0 Å². The number of aliphatic hydroxyl groups is 1. The molecule has 8 nitrogen and oxygen atoms in total. The number of rotatable bonds is 10. The Morgan fingerprint density at radius 3 is 2.36 bits per heavy atom. The van der Waals surface area contributed by atoms with Gasteiger partial charge in [-0.3, -0.25) is 9.59 Å². The molecule has 10 heteroatoms. The number of anilines is 1. The summed E-state index contributed by atoms with van der Waals surface area (Å²) in [7, 11) is 0. The highest BCUT2D eigenvalue weighted by Crippen LogP contribution is 2.43. The molecule has 218 valence electrons. The molecule has 0 saturated carbocycles. The molecule has 1 aliphatic rings. The fourth-order valence-electron chi connectivity index (χ4n) is 4.80. The van der Waals surface area contributed by atoms with Crippen molar-refractivity contribution in [3.8, 4) is 0 Å². The monoisotopic (exact) mass is 603 g/mol. The molecule has 0 radical (unpaired) electrons. The molecule has 0 aliphatic carbocycles. The summed E-state index contributed by atoms with van der Waals surface area (Å²) in [4.78, 5) is 24.3. The molecule has 0 bridgehead atoms. The lowest BCUT2D eigenvalue weighted by Crippen LogP contribution is -2.38. The first kappa shape index (κ1) is 30.1. The van der Waals surface area contributed by atoms with Crippen molar-refractivity contribution in [2.45, 2.75) is 56.6 Å². The normalized spacial score (nSPS) is 20.3. The molecule has 0 spiro atoms. The number of aryl methyl sites for hydroxylation is 1. The van der Waals surface area contributed by atoms with E-state index in [-0.39, 0.29) is 42.8 Å². The first-order valence-corrected chi connectivity index (χ1v) is 15.5. The van der Waals surface area contributed by atoms with Crippen molar-refractivity contribution in [3.05, 3.63) is 106 Å². The molecule has 42 heavy (non-hydrogen) atoms. The van der Waals surface area contributed by atoms with Gasteiger partial charge in [-0.05, 0) is 42.7 Å². The maximum absolute atomic E-state index is 12.7. The number of benzene rings is 3. The smallest absolute Gasteiger partial charge is 0.228 e. The largest absolute Gasteiger partial charge is 0.392 e. The zero-order valence-corrected chi connectivity index (χ0v) is 25.3. The summed E-state index contributed by atoms with van der Waals surface area (Å²) in [5.74, 6) is 0.540. The molecule has 4 aromatic rings. The molecule has 1 aromatic heterocycles. The van der Waals surface area contributed by atoms with Gasteiger partial charge >= 0.3 is 0 Å². The van der Waals surface area contributed by atoms with E-state index in [9.17, 15) is 14.7 Å². The predicted molar refractivity (Wildman–Crippen MR) is 164 cm³/mol. The Hall–Kier alpha value is -3.41. The highest BCUT2D eigenvalue weighted by molar-refractivity contribution is 8.01. The Morgan fingerprint density at radius 1 is 0.976 bits per heavy atom. The van der Waals surface area contributed by atoms with Crippen LogP contribution < -0.4 is 5.32 Å². The third-order valence-corrected chi connectivity index (χ3v) is 9.23. The average Bonchev–Trinajstić information content (AvgIpc) is 3.42. The molecular formula is C32H33N3O5S2. The van der Waals surface area contributed by atoms with E-state index in [2.05, 4.69) is 22.4 Å². The number of aromatic nitrogens is 2. The fraction of sp³-hybridized carbons (Fsp3) is 0.312. The van der Waals surface area contributed by atoms with E-state index in [1.807, 2.05) is 55.5 Å². The number of aliphatic hydroxyl groups excluding tert-OH is 1. The van der Waals surface area contributed by atoms with E-state index in [1.165, 1.54) is 6.92 Å². The lowest BCUT2D eigenvalue weighted by molar-refractivity contribution is -0.268. The number of nitrogens with zero attached hydrogens (tertiary/aromatic N) is 2. The molecule has 5 rings (SSSR count). The van der Waals surface area contributed by atoms with Crippen LogP contribution in [0, 0.1) is 12.8 Å². The number of Topliss-reactive ketones (excluding diaryl/α,β-unsaturated/α-hetero) is 1. The van der Waals surface area contributed by atoms with Crippen molar-refractivity contribution in [1.29, 1.82) is 0 Å². The summed E-state index contributed by atoms with van der Waals surface area (Å²) in [6, 6.07) is 22.4. The van der Waals surface area contributed by atoms with Crippen molar-refractivity contribution in [1.82, 2.24) is 10.2 Å². The van der Waals surface area contributed by atoms with Gasteiger partial charge in [-0.15, -0.1) is 10.2 Å². The standard InChI is InChI=1S/C32H33N3O5S2/c1-19-28(18-41-32-35-34-21(3)42-32)39-31(40-30(19)24-11-9-23(17-36)10-12-24)25-13-7-22(8-14-25)15-29(38)33-27-6-4-5-26(16-27)20(2)37/h4-14,16,19,28,30-31,36H,15,17-18H2,1-3H3,(H,33,38). The van der Waals surface area contributed by atoms with Gasteiger partial charge in [0.25, 0.3) is 0 Å². The Balaban J connectivity index is 1.29. The topological polar surface area (TPSA) is 111 Å². The van der Waals surface area contributed by atoms with Crippen LogP contribution in [0.15, 0.2) is 77.1 Å². The van der Waals surface area contributed by atoms with Crippen LogP contribution in [0.3, 0.4) is 0 Å². The molecule has 1 saturated heterocycles. The van der Waals surface area contributed by atoms with Gasteiger partial charge in [-0.1, -0.05) is 90.7 Å². The minimum absolute atomic E-state index is 0.0111. The van der Waals surface area contributed by atoms with E-state index < -0.39 is 6.29 Å². The molecule has 2 N–H and O–H groups in total. The number of carbonyl (C=O) groups excluding carboxylic acids is 2. The number of ether oxygens (including phenoxy) is 2. The minimum Gasteiger partial charge on any atom is -0.392 e. The molecular weight excluding hydrogens is 571 g/mol. The van der Waals surface area contributed by atoms with Crippen molar-refractivity contribution < 1.29 is 24.2 Å². The molecule has 3 aromatic carbocycles. The first-order valence-electron chi connectivity index (χ1n) is 13.7. The Labute approximate surface area is 253 Å². The molecule has 1 fully saturated rings. The minimum atomic E-state index is -0.595. The van der Waals surface area contributed by atoms with Crippen molar-refractivity contribution in [2.24, 2.45) is 5.92 Å². The van der Waals surface area contributed by atoms with Crippen molar-refractivity contribution in [3.63, 3.8) is 0 Å². The van der Waals surface area contributed by atoms with Gasteiger partial charge in [0.05, 0.1) is 25.2 Å². The number of ketones is 1. The predicted octanol–water partition coefficient (Wildman–Crippen LogP) is 6.31. The van der Waals surface area contributed by atoms with E-state index in [1.54, 1.807) is 47.4 Å². The summed E-state index contributed by atoms with van der Waals surface area (Å²) in [6.07, 6.45) is -0.734. The summed E-state index contributed by atoms with van der Waals surface area (Å²) in [6.45, 7) is 5.56. The third-order valence-electron chi connectivity index (χ3n) is 7.17. The quantitative estimate of drug-likeness (QED) is 0.160. The Kier molecular flexibility index (Phi) is 9.81. The first-order chi connectivity index (χ1) is 20.3. The zero-order chi connectivity index (χ0) is 29.6. The van der Waals surface area contributed by atoms with E-state index in [4.69, 9.17) is 9.47 Å². The maximum atomic E-state index is 12.7. The molecule has 4 atom stereocenters. The SMILES string of the molecule is CC(=O)c1cccc(NC(=O)Cc2ccc(C3OC(CSc4nnc(C)s4)C(C)C(c4ccc(CO)cc4)O3)cc2)c1. The van der Waals surface area contributed by atoms with Crippen LogP contribution in [0.5, 0.6) is 0 Å². The van der Waals surface area contributed by atoms with Gasteiger partial charge in [-0.25, -0.2) is 0 Å². The average molecular weight is 604 g/mol. The zero-order valence-electron chi connectivity index (χ0n) is 23.7. The van der Waals surface area contributed by atoms with Gasteiger partial charge in [0.1, 0.15) is 5.01 Å². The van der Waals surface area contributed by atoms with Crippen LogP contribution in [0.25, 0.3) is 0 Å². The van der Waals surface area contributed by atoms with Gasteiger partial charge in [0.2, 0.25) is 5.91 Å². The second kappa shape index (κ2) is 13.7. The van der Waals surface area contributed by atoms with E-state index in [0.29, 0.717) is 17.0 Å². The molecule has 2 heterocycles. The molecule has 4 unspecified atom stereocenters. The van der Waals surface area contributed by atoms with Crippen LogP contribution in [-0.2, 0) is 27.3 Å². The van der Waals surface area contributed by atoms with Crippen LogP contribution in [-0.4, -0.2) is 38.9 Å². The highest BCUT2D eigenvalue weighted by Gasteiger charge is 2.38. The number of hydrogen-bond acceptors (Lipinski definition) is 9. The van der Waals surface area contributed by atoms with E-state index >= 15 is 0 Å². The van der Waals surface area contributed by atoms with Crippen molar-refractivity contribution >= 4 is 40.5 Å². The Bertz CT molecular complexity index is 1520. The summed E-state index contributed by atoms with van der Waals surface area (Å²) >= 11 is 3.20. The summed E-state index contributed by atoms with van der Waals surface area (Å²) in [5, 5.41) is 21.6. The lowest BCUT2D eigenvalue weighted by atomic mass is 9.91. The van der Waals surface area contributed by atoms with Crippen LogP contribution in [0.4, 0.5) is 5.69 Å². The van der Waals surface area contributed by atoms with Gasteiger partial charge in [0.15, 0.2) is 16.4 Å². The second-order valence-corrected chi connectivity index (χ2v) is 12.8. The molecule has 1 aliphatic heterocycles. The summed E-state index contributed by atoms with van der Waals surface area (Å²) < 4.78 is 14.0. The second-order valence-electron chi connectivity index (χ2n) is 10.3. The number of hydrogen-bond donors (Lipinski definition) is 2. The lowest BCUT2D eigenvalue weighted by Gasteiger charge is -2.41. The number of amides is 1. The number of nitrogens with one attached hydrogen (secondary N) is 1. The number of carbonyl (C=O) groups is 2. The maximum Gasteiger partial charge on any atom is 0.228 e. The fourth-order valence-corrected chi connectivity index (χ4v) is 6.80. The van der Waals surface area contributed by atoms with Gasteiger partial charge in [-0.2, -0.15) is 0 Å². The van der Waals surface area contributed by atoms with Crippen LogP contribution >= 0.6 is 23.1 Å². The third kappa shape index (κ3) is 7.50. The van der Waals surface area contributed by atoms with E-state index in [0.717, 1.165) is 31.6 Å². The highest BCUT2D eigenvalue weighted by atomic mass is 32.2.